The minimum absolute atomic E-state index is 0. The third-order valence-electron chi connectivity index (χ3n) is 2.58. The number of aliphatic imine (C=N–C) groups is 1. The van der Waals surface area contributed by atoms with Gasteiger partial charge in [-0.3, -0.25) is 9.98 Å². The Morgan fingerprint density at radius 2 is 2.08 bits per heavy atom. The summed E-state index contributed by atoms with van der Waals surface area (Å²) in [5.74, 6) is 0.858. The fraction of sp³-hybridized carbons (Fsp3) is 0.400. The molecule has 1 aromatic heterocycles. The Morgan fingerprint density at radius 3 is 2.69 bits per heavy atom. The van der Waals surface area contributed by atoms with Crippen molar-refractivity contribution in [2.75, 3.05) is 0 Å². The molecule has 0 fully saturated rings. The molecule has 0 atom stereocenters. The first-order chi connectivity index (χ1) is 5.62. The van der Waals surface area contributed by atoms with Gasteiger partial charge in [-0.1, -0.05) is 20.0 Å². The second-order valence-corrected chi connectivity index (χ2v) is 3.63. The Hall–Kier alpha value is -0.492. The first-order valence-electron chi connectivity index (χ1n) is 4.05. The molecule has 0 N–H and O–H groups in total. The number of pyridine rings is 1. The molecule has 2 rings (SSSR count). The minimum Gasteiger partial charge on any atom is -0.276 e. The zero-order valence-corrected chi connectivity index (χ0v) is 10.9. The van der Waals surface area contributed by atoms with E-state index in [1.54, 1.807) is 6.20 Å². The summed E-state index contributed by atoms with van der Waals surface area (Å²) in [7, 11) is 0. The van der Waals surface area contributed by atoms with E-state index in [2.05, 4.69) is 29.9 Å². The van der Waals surface area contributed by atoms with Crippen molar-refractivity contribution in [2.45, 2.75) is 26.2 Å². The van der Waals surface area contributed by atoms with Crippen molar-refractivity contribution in [1.29, 1.82) is 0 Å². The van der Waals surface area contributed by atoms with Crippen LogP contribution >= 0.6 is 0 Å². The molecule has 2 heterocycles. The van der Waals surface area contributed by atoms with Crippen LogP contribution in [0.1, 0.15) is 26.3 Å². The van der Waals surface area contributed by atoms with Crippen molar-refractivity contribution < 1.29 is 21.1 Å². The van der Waals surface area contributed by atoms with E-state index in [1.165, 1.54) is 5.56 Å². The normalized spacial score (nSPS) is 17.3. The van der Waals surface area contributed by atoms with E-state index in [0.717, 1.165) is 11.5 Å². The minimum atomic E-state index is 0. The molecular formula is C10H11N2W-. The van der Waals surface area contributed by atoms with Gasteiger partial charge in [0.05, 0.1) is 5.82 Å². The number of hydrogen-bond acceptors (Lipinski definition) is 2. The van der Waals surface area contributed by atoms with Crippen LogP contribution in [0.3, 0.4) is 0 Å². The zero-order valence-electron chi connectivity index (χ0n) is 7.96. The van der Waals surface area contributed by atoms with Gasteiger partial charge in [0.25, 0.3) is 0 Å². The largest absolute Gasteiger partial charge is 0.276 e. The summed E-state index contributed by atoms with van der Waals surface area (Å²) in [6.07, 6.45) is 1.66. The molecule has 0 saturated carbocycles. The van der Waals surface area contributed by atoms with Crippen molar-refractivity contribution in [1.82, 2.24) is 4.98 Å². The van der Waals surface area contributed by atoms with Gasteiger partial charge in [-0.25, -0.2) is 12.1 Å². The Kier molecular flexibility index (Phi) is 2.72. The van der Waals surface area contributed by atoms with Crippen molar-refractivity contribution in [2.24, 2.45) is 4.99 Å². The predicted octanol–water partition coefficient (Wildman–Crippen LogP) is 2.26. The fourth-order valence-electron chi connectivity index (χ4n) is 1.40. The second-order valence-electron chi connectivity index (χ2n) is 3.63. The van der Waals surface area contributed by atoms with Crippen LogP contribution in [0, 0.1) is 6.07 Å². The van der Waals surface area contributed by atoms with Gasteiger partial charge in [0.1, 0.15) is 0 Å². The fourth-order valence-corrected chi connectivity index (χ4v) is 1.40. The molecule has 0 spiro atoms. The van der Waals surface area contributed by atoms with Crippen LogP contribution < -0.4 is 0 Å². The third kappa shape index (κ3) is 1.48. The molecule has 0 unspecified atom stereocenters. The molecule has 0 aliphatic carbocycles. The van der Waals surface area contributed by atoms with Gasteiger partial charge >= 0.3 is 0 Å². The maximum atomic E-state index is 4.39. The van der Waals surface area contributed by atoms with E-state index in [9.17, 15) is 0 Å². The summed E-state index contributed by atoms with van der Waals surface area (Å²) >= 11 is 0. The Labute approximate surface area is 92.8 Å². The van der Waals surface area contributed by atoms with E-state index in [1.807, 2.05) is 13.0 Å². The van der Waals surface area contributed by atoms with Crippen molar-refractivity contribution in [3.05, 3.63) is 23.9 Å². The first-order valence-corrected chi connectivity index (χ1v) is 4.05. The van der Waals surface area contributed by atoms with Gasteiger partial charge in [0, 0.05) is 26.8 Å². The molecule has 1 aliphatic heterocycles. The number of rotatable bonds is 0. The summed E-state index contributed by atoms with van der Waals surface area (Å²) in [6, 6.07) is 4.96. The maximum absolute atomic E-state index is 4.39. The van der Waals surface area contributed by atoms with Crippen LogP contribution in [0.2, 0.25) is 0 Å². The Morgan fingerprint density at radius 1 is 1.38 bits per heavy atom. The summed E-state index contributed by atoms with van der Waals surface area (Å²) in [5, 5.41) is 0. The van der Waals surface area contributed by atoms with E-state index in [-0.39, 0.29) is 26.5 Å². The standard InChI is InChI=1S/C10H11N2.W/c1-7-10(2,3)8-5-4-6-11-9(8)12-7;/h5-6H,1-3H3;/q-1;. The summed E-state index contributed by atoms with van der Waals surface area (Å²) in [5.41, 5.74) is 2.35. The molecule has 0 bridgehead atoms. The number of hydrogen-bond donors (Lipinski definition) is 0. The molecular weight excluding hydrogens is 332 g/mol. The monoisotopic (exact) mass is 343 g/mol. The molecule has 3 heteroatoms. The number of nitrogens with zero attached hydrogens (tertiary/aromatic N) is 2. The second kappa shape index (κ2) is 3.34. The zero-order chi connectivity index (χ0) is 8.77. The number of fused-ring (bicyclic) bond motifs is 1. The molecule has 0 radical (unpaired) electrons. The molecule has 0 saturated heterocycles. The van der Waals surface area contributed by atoms with Gasteiger partial charge in [-0.15, -0.1) is 5.56 Å². The SMILES string of the molecule is CC1=Nc2nc[c-]cc2C1(C)C.[W]. The van der Waals surface area contributed by atoms with Crippen molar-refractivity contribution >= 4 is 11.5 Å². The average Bonchev–Trinajstić information content (AvgIpc) is 2.25. The maximum Gasteiger partial charge on any atom is 0.0734 e. The van der Waals surface area contributed by atoms with Crippen LogP contribution in [0.25, 0.3) is 0 Å². The van der Waals surface area contributed by atoms with Gasteiger partial charge in [0.15, 0.2) is 0 Å². The van der Waals surface area contributed by atoms with E-state index in [0.29, 0.717) is 0 Å². The summed E-state index contributed by atoms with van der Waals surface area (Å²) in [4.78, 5) is 8.55. The average molecular weight is 343 g/mol. The van der Waals surface area contributed by atoms with Crippen LogP contribution in [0.4, 0.5) is 5.82 Å². The molecule has 13 heavy (non-hydrogen) atoms. The van der Waals surface area contributed by atoms with Gasteiger partial charge in [-0.2, -0.15) is 0 Å². The quantitative estimate of drug-likeness (QED) is 0.664. The molecule has 2 nitrogen and oxygen atoms in total. The molecule has 0 amide bonds. The number of aromatic nitrogens is 1. The topological polar surface area (TPSA) is 25.2 Å². The van der Waals surface area contributed by atoms with E-state index >= 15 is 0 Å². The van der Waals surface area contributed by atoms with Crippen LogP contribution in [0.5, 0.6) is 0 Å². The summed E-state index contributed by atoms with van der Waals surface area (Å²) < 4.78 is 0. The Bertz CT molecular complexity index is 356. The van der Waals surface area contributed by atoms with Gasteiger partial charge in [0.2, 0.25) is 0 Å². The first kappa shape index (κ1) is 10.6. The molecule has 68 valence electrons. The van der Waals surface area contributed by atoms with Crippen LogP contribution in [-0.2, 0) is 26.5 Å². The van der Waals surface area contributed by atoms with E-state index < -0.39 is 0 Å². The van der Waals surface area contributed by atoms with Crippen LogP contribution in [0.15, 0.2) is 17.3 Å². The molecule has 0 aromatic carbocycles. The molecule has 1 aromatic rings. The van der Waals surface area contributed by atoms with Gasteiger partial charge < -0.3 is 0 Å². The third-order valence-corrected chi connectivity index (χ3v) is 2.58. The molecule has 1 aliphatic rings. The Balaban J connectivity index is 0.000000845. The van der Waals surface area contributed by atoms with E-state index in [4.69, 9.17) is 0 Å². The van der Waals surface area contributed by atoms with Crippen molar-refractivity contribution in [3.8, 4) is 0 Å². The van der Waals surface area contributed by atoms with Gasteiger partial charge in [-0.05, 0) is 12.3 Å². The summed E-state index contributed by atoms with van der Waals surface area (Å²) in [6.45, 7) is 6.36. The predicted molar refractivity (Wildman–Crippen MR) is 48.9 cm³/mol. The van der Waals surface area contributed by atoms with Crippen molar-refractivity contribution in [3.63, 3.8) is 0 Å². The smallest absolute Gasteiger partial charge is 0.0734 e. The van der Waals surface area contributed by atoms with Crippen LogP contribution in [-0.4, -0.2) is 10.7 Å².